The number of carbonyl (C=O) groups is 3. The van der Waals surface area contributed by atoms with E-state index in [1.165, 1.54) is 21.9 Å². The van der Waals surface area contributed by atoms with Crippen LogP contribution >= 0.6 is 31.9 Å². The molecule has 414 valence electrons. The molecule has 0 saturated carbocycles. The number of nitrogens with one attached hydrogen (secondary N) is 2. The van der Waals surface area contributed by atoms with Gasteiger partial charge in [0.2, 0.25) is 5.91 Å². The standard InChI is InChI=1S/C17H25N3O2.C14H11Br2NO.C8H13N.C6H11N2O.C2H3O2.2C2H6.CH6N2.CH2O.2CH3.U/c1-14(15-5-3-2-4-6-15)11-16(21)20-9-7-17(12-18,8-10-20)22-13-19;15-9-1-3-13-11(7-9)12-8-10(16)2-4-14(12)17(13)5-6-18;1-8(2)4-3-7(5-8)6-9;1-7-2-4-8(6-9)5-3-7;1-2(3)4;2*1-2;1-3-2;1-2;;;/h2-6,13-14,19H,7-12,18H2,1H3;1-4,7-8,18H,5-6H2;3-5H,6,9H2,1-2H3;2-5H2,1H3;1H2,(H,3,4);2*1-2H3;3H,2H2,1H3;1H2;2*1H3;/q;;;2*-1;;;;;2*-1;+4. The third-order valence-electron chi connectivity index (χ3n) is 10.8. The molecule has 4 aromatic rings. The number of hydrogen-bond donors (Lipinski definition) is 7. The van der Waals surface area contributed by atoms with Crippen LogP contribution < -0.4 is 22.7 Å². The van der Waals surface area contributed by atoms with E-state index in [1.54, 1.807) is 11.9 Å². The Labute approximate surface area is 485 Å². The molecule has 0 spiro atoms. The first-order valence-electron chi connectivity index (χ1n) is 23.7. The number of piperazine rings is 1. The van der Waals surface area contributed by atoms with Crippen LogP contribution in [0.5, 0.6) is 0 Å². The minimum absolute atomic E-state index is 0. The maximum atomic E-state index is 12.4. The quantitative estimate of drug-likeness (QED) is 0.0259. The summed E-state index contributed by atoms with van der Waals surface area (Å²) in [5.41, 5.74) is 18.0. The van der Waals surface area contributed by atoms with Crippen LogP contribution in [0.25, 0.3) is 21.8 Å². The average molecular weight is 1390 g/mol. The van der Waals surface area contributed by atoms with E-state index >= 15 is 0 Å². The molecule has 2 aliphatic heterocycles. The third-order valence-corrected chi connectivity index (χ3v) is 11.8. The monoisotopic (exact) mass is 1380 g/mol. The Balaban J connectivity index is -0.000000273. The number of hydrogen-bond acceptors (Lipinski definition) is 12. The van der Waals surface area contributed by atoms with Gasteiger partial charge in [-0.1, -0.05) is 129 Å². The number of carboxylic acids is 1. The number of rotatable bonds is 10. The number of fused-ring (bicyclic) bond motifs is 3. The van der Waals surface area contributed by atoms with Gasteiger partial charge < -0.3 is 70.1 Å². The number of hydrazine groups is 1. The van der Waals surface area contributed by atoms with Gasteiger partial charge >= 0.3 is 31.1 Å². The Kier molecular flexibility index (Phi) is 48.4. The van der Waals surface area contributed by atoms with Gasteiger partial charge in [-0.05, 0) is 67.5 Å². The second-order valence-corrected chi connectivity index (χ2v) is 18.2. The van der Waals surface area contributed by atoms with Crippen LogP contribution in [0, 0.1) is 63.7 Å². The normalized spacial score (nSPS) is 14.5. The van der Waals surface area contributed by atoms with Crippen LogP contribution in [0.4, 0.5) is 0 Å². The molecule has 2 saturated heterocycles. The fraction of sp³-hybridized carbons (Fsp3) is 0.455. The number of piperidine rings is 1. The molecule has 3 aliphatic rings. The molecule has 74 heavy (non-hydrogen) atoms. The topological polar surface area (TPSA) is 247 Å². The number of likely N-dealkylation sites (tertiary alicyclic amines) is 1. The number of aliphatic hydroxyl groups is 1. The fourth-order valence-electron chi connectivity index (χ4n) is 7.26. The zero-order valence-corrected chi connectivity index (χ0v) is 53.4. The van der Waals surface area contributed by atoms with Gasteiger partial charge in [0.05, 0.1) is 6.61 Å². The van der Waals surface area contributed by atoms with Crippen LogP contribution in [0.3, 0.4) is 0 Å². The first kappa shape index (κ1) is 79.0. The summed E-state index contributed by atoms with van der Waals surface area (Å²) >= 11 is 7.03. The summed E-state index contributed by atoms with van der Waals surface area (Å²) in [7, 11) is 3.71. The SMILES string of the molecule is C=O.CC.CC.CC(CC(=O)N1CCC(CN)(OC=N)CC1)c1ccccc1.CC1(C)C=CC(CN)=C1.CN1CCN([C-]=O)CC1.CNN.OCCn1c2ccc(Br)cc2c2cc(Br)ccc21.[CH2-]C(=O)O.[CH3-].[CH3-].[U+4]. The number of halogens is 2. The summed E-state index contributed by atoms with van der Waals surface area (Å²) in [6.45, 7) is 25.7. The number of benzene rings is 3. The number of nitrogens with zero attached hydrogens (tertiary/aromatic N) is 4. The summed E-state index contributed by atoms with van der Waals surface area (Å²) < 4.78 is 9.67. The van der Waals surface area contributed by atoms with E-state index in [0.717, 1.165) is 52.6 Å². The van der Waals surface area contributed by atoms with E-state index < -0.39 is 11.6 Å². The number of aliphatic carboxylic acids is 1. The minimum Gasteiger partial charge on any atom is -0.520 e. The Hall–Kier alpha value is -3.87. The molecule has 10 N–H and O–H groups in total. The fourth-order valence-corrected chi connectivity index (χ4v) is 7.98. The maximum Gasteiger partial charge on any atom is 4.00 e. The Bertz CT molecular complexity index is 2100. The van der Waals surface area contributed by atoms with Crippen LogP contribution in [-0.4, -0.2) is 140 Å². The van der Waals surface area contributed by atoms with Crippen LogP contribution in [0.1, 0.15) is 79.2 Å². The molecular weight excluding hydrogens is 1300 g/mol. The molecule has 19 heteroatoms. The predicted octanol–water partition coefficient (Wildman–Crippen LogP) is 8.96. The molecule has 1 unspecified atom stereocenters. The molecule has 0 bridgehead atoms. The van der Waals surface area contributed by atoms with Crippen molar-refractivity contribution in [3.63, 3.8) is 0 Å². The van der Waals surface area contributed by atoms with Gasteiger partial charge in [-0.2, -0.15) is 6.41 Å². The zero-order valence-electron chi connectivity index (χ0n) is 46.1. The summed E-state index contributed by atoms with van der Waals surface area (Å²) in [6.07, 6.45) is 11.2. The van der Waals surface area contributed by atoms with Crippen LogP contribution in [0.2, 0.25) is 0 Å². The van der Waals surface area contributed by atoms with Gasteiger partial charge in [0, 0.05) is 114 Å². The van der Waals surface area contributed by atoms with Gasteiger partial charge in [0.1, 0.15) is 12.4 Å². The summed E-state index contributed by atoms with van der Waals surface area (Å²) in [6, 6.07) is 22.6. The number of aliphatic hydroxyl groups excluding tert-OH is 1. The number of likely N-dealkylation sites (N-methyl/N-ethyl adjacent to an activating group) is 1. The van der Waals surface area contributed by atoms with Gasteiger partial charge in [-0.25, -0.2) is 0 Å². The first-order chi connectivity index (χ1) is 33.9. The van der Waals surface area contributed by atoms with Gasteiger partial charge in [0.15, 0.2) is 12.4 Å². The smallest absolute Gasteiger partial charge is 0.520 e. The van der Waals surface area contributed by atoms with E-state index in [9.17, 15) is 14.7 Å². The summed E-state index contributed by atoms with van der Waals surface area (Å²) in [4.78, 5) is 45.2. The molecule has 16 nitrogen and oxygen atoms in total. The third kappa shape index (κ3) is 30.0. The molecular formula is C55H89Br2N9O7U. The van der Waals surface area contributed by atoms with Crippen molar-refractivity contribution < 1.29 is 65.2 Å². The second-order valence-electron chi connectivity index (χ2n) is 16.4. The Morgan fingerprint density at radius 3 is 1.73 bits per heavy atom. The number of carboxylic acid groups (broad SMARTS) is 1. The van der Waals surface area contributed by atoms with Crippen molar-refractivity contribution in [3.05, 3.63) is 127 Å². The molecule has 1 aromatic heterocycles. The molecule has 3 aromatic carbocycles. The maximum absolute atomic E-state index is 12.4. The van der Waals surface area contributed by atoms with Crippen molar-refractivity contribution in [1.29, 1.82) is 5.41 Å². The number of aromatic nitrogens is 1. The Morgan fingerprint density at radius 2 is 1.38 bits per heavy atom. The molecule has 3 heterocycles. The van der Waals surface area contributed by atoms with Crippen molar-refractivity contribution in [2.45, 2.75) is 85.8 Å². The molecule has 0 radical (unpaired) electrons. The van der Waals surface area contributed by atoms with E-state index in [-0.39, 0.29) is 69.8 Å². The van der Waals surface area contributed by atoms with Gasteiger partial charge in [-0.3, -0.25) is 33.2 Å². The largest absolute Gasteiger partial charge is 4.00 e. The second kappa shape index (κ2) is 45.3. The van der Waals surface area contributed by atoms with Gasteiger partial charge in [-0.15, -0.1) is 0 Å². The van der Waals surface area contributed by atoms with Crippen molar-refractivity contribution in [2.24, 2.45) is 22.7 Å². The molecule has 2 fully saturated rings. The van der Waals surface area contributed by atoms with Crippen molar-refractivity contribution in [1.82, 2.24) is 24.7 Å². The molecule has 2 amide bonds. The van der Waals surface area contributed by atoms with E-state index in [1.807, 2.05) is 76.1 Å². The summed E-state index contributed by atoms with van der Waals surface area (Å²) in [5, 5.41) is 26.0. The predicted molar refractivity (Wildman–Crippen MR) is 313 cm³/mol. The minimum atomic E-state index is -1.08. The average Bonchev–Trinajstić information content (AvgIpc) is 3.89. The van der Waals surface area contributed by atoms with E-state index in [4.69, 9.17) is 36.3 Å². The first-order valence-corrected chi connectivity index (χ1v) is 25.3. The van der Waals surface area contributed by atoms with Crippen LogP contribution in [-0.2, 0) is 30.5 Å². The zero-order chi connectivity index (χ0) is 54.6. The van der Waals surface area contributed by atoms with Crippen molar-refractivity contribution in [3.8, 4) is 0 Å². The summed E-state index contributed by atoms with van der Waals surface area (Å²) in [5.74, 6) is 3.91. The number of allylic oxidation sites excluding steroid dienone is 2. The van der Waals surface area contributed by atoms with Crippen molar-refractivity contribution in [2.75, 3.05) is 73.1 Å². The number of ether oxygens (including phenoxy) is 1. The van der Waals surface area contributed by atoms with Crippen molar-refractivity contribution >= 4 is 85.1 Å². The van der Waals surface area contributed by atoms with Gasteiger partial charge in [0.25, 0.3) is 0 Å². The van der Waals surface area contributed by atoms with E-state index in [0.29, 0.717) is 52.0 Å². The van der Waals surface area contributed by atoms with Crippen LogP contribution in [0.15, 0.2) is 99.5 Å². The number of carbonyl (C=O) groups excluding carboxylic acids is 3. The molecule has 1 atom stereocenters. The molecule has 7 rings (SSSR count). The number of nitrogens with two attached hydrogens (primary N) is 3. The molecule has 1 aliphatic carbocycles. The Morgan fingerprint density at radius 1 is 0.919 bits per heavy atom. The van der Waals surface area contributed by atoms with E-state index in [2.05, 4.69) is 142 Å². The number of amides is 2.